The highest BCUT2D eigenvalue weighted by molar-refractivity contribution is 6.08. The molecule has 4 fully saturated rings. The number of carbonyl (C=O) groups excluding carboxylic acids is 3. The Morgan fingerprint density at radius 1 is 1.17 bits per heavy atom. The van der Waals surface area contributed by atoms with E-state index in [4.69, 9.17) is 4.74 Å². The van der Waals surface area contributed by atoms with Crippen molar-refractivity contribution in [1.29, 1.82) is 0 Å². The molecule has 5 atom stereocenters. The molecule has 4 rings (SSSR count). The van der Waals surface area contributed by atoms with E-state index in [1.807, 2.05) is 11.9 Å². The molecule has 4 heterocycles. The van der Waals surface area contributed by atoms with Crippen molar-refractivity contribution in [2.75, 3.05) is 26.7 Å². The smallest absolute Gasteiger partial charge is 0.243 e. The Hall–Kier alpha value is -1.47. The molecule has 0 aromatic carbocycles. The van der Waals surface area contributed by atoms with Gasteiger partial charge in [0.05, 0.1) is 24.0 Å². The zero-order chi connectivity index (χ0) is 16.1. The maximum atomic E-state index is 12.6. The molecule has 7 nitrogen and oxygen atoms in total. The number of nitrogens with one attached hydrogen (secondary N) is 1. The van der Waals surface area contributed by atoms with E-state index in [9.17, 15) is 14.4 Å². The Morgan fingerprint density at radius 3 is 2.43 bits per heavy atom. The Balaban J connectivity index is 1.46. The molecular formula is C16H23N3O4. The van der Waals surface area contributed by atoms with E-state index >= 15 is 0 Å². The lowest BCUT2D eigenvalue weighted by Gasteiger charge is -2.27. The first-order valence-electron chi connectivity index (χ1n) is 8.56. The molecule has 0 spiro atoms. The molecule has 1 N–H and O–H groups in total. The molecule has 4 aliphatic rings. The quantitative estimate of drug-likeness (QED) is 0.697. The number of amides is 3. The van der Waals surface area contributed by atoms with Crippen molar-refractivity contribution in [1.82, 2.24) is 15.1 Å². The molecule has 5 unspecified atom stereocenters. The van der Waals surface area contributed by atoms with Gasteiger partial charge in [0.25, 0.3) is 0 Å². The summed E-state index contributed by atoms with van der Waals surface area (Å²) >= 11 is 0. The first kappa shape index (κ1) is 15.1. The topological polar surface area (TPSA) is 79.0 Å². The van der Waals surface area contributed by atoms with Gasteiger partial charge in [-0.1, -0.05) is 0 Å². The first-order valence-corrected chi connectivity index (χ1v) is 8.56. The van der Waals surface area contributed by atoms with Gasteiger partial charge in [-0.25, -0.2) is 0 Å². The van der Waals surface area contributed by atoms with Crippen LogP contribution >= 0.6 is 0 Å². The highest BCUT2D eigenvalue weighted by atomic mass is 16.5. The fraction of sp³-hybridized carbons (Fsp3) is 0.812. The van der Waals surface area contributed by atoms with Crippen LogP contribution < -0.4 is 5.32 Å². The van der Waals surface area contributed by atoms with Crippen LogP contribution in [0.4, 0.5) is 0 Å². The molecule has 4 saturated heterocycles. The van der Waals surface area contributed by atoms with Crippen LogP contribution in [0.5, 0.6) is 0 Å². The summed E-state index contributed by atoms with van der Waals surface area (Å²) in [7, 11) is 1.87. The van der Waals surface area contributed by atoms with Gasteiger partial charge in [-0.15, -0.1) is 0 Å². The second-order valence-electron chi connectivity index (χ2n) is 7.05. The summed E-state index contributed by atoms with van der Waals surface area (Å²) in [6.45, 7) is 1.35. The number of ether oxygens (including phenoxy) is 1. The van der Waals surface area contributed by atoms with E-state index in [0.29, 0.717) is 6.54 Å². The largest absolute Gasteiger partial charge is 0.373 e. The van der Waals surface area contributed by atoms with Crippen molar-refractivity contribution >= 4 is 17.7 Å². The molecule has 0 saturated carbocycles. The lowest BCUT2D eigenvalue weighted by molar-refractivity contribution is -0.148. The second-order valence-corrected chi connectivity index (χ2v) is 7.05. The molecule has 4 aliphatic heterocycles. The van der Waals surface area contributed by atoms with Crippen LogP contribution in [0.2, 0.25) is 0 Å². The van der Waals surface area contributed by atoms with Crippen molar-refractivity contribution < 1.29 is 19.1 Å². The van der Waals surface area contributed by atoms with E-state index in [-0.39, 0.29) is 54.4 Å². The van der Waals surface area contributed by atoms with Gasteiger partial charge < -0.3 is 15.0 Å². The van der Waals surface area contributed by atoms with Crippen LogP contribution in [0, 0.1) is 11.8 Å². The number of nitrogens with zero attached hydrogens (tertiary/aromatic N) is 2. The summed E-state index contributed by atoms with van der Waals surface area (Å²) in [5.41, 5.74) is 0. The average molecular weight is 321 g/mol. The Bertz CT molecular complexity index is 523. The normalized spacial score (nSPS) is 38.7. The third-order valence-corrected chi connectivity index (χ3v) is 5.81. The van der Waals surface area contributed by atoms with Gasteiger partial charge in [-0.05, 0) is 32.7 Å². The minimum atomic E-state index is -0.347. The van der Waals surface area contributed by atoms with Gasteiger partial charge in [0, 0.05) is 19.1 Å². The third kappa shape index (κ3) is 2.21. The molecule has 126 valence electrons. The van der Waals surface area contributed by atoms with E-state index in [1.54, 1.807) is 0 Å². The summed E-state index contributed by atoms with van der Waals surface area (Å²) in [6.07, 6.45) is 3.41. The molecular weight excluding hydrogens is 298 g/mol. The second kappa shape index (κ2) is 5.56. The predicted molar refractivity (Wildman–Crippen MR) is 80.3 cm³/mol. The van der Waals surface area contributed by atoms with E-state index in [2.05, 4.69) is 5.32 Å². The predicted octanol–water partition coefficient (Wildman–Crippen LogP) is -0.641. The molecule has 23 heavy (non-hydrogen) atoms. The van der Waals surface area contributed by atoms with Gasteiger partial charge in [-0.2, -0.15) is 0 Å². The molecule has 2 bridgehead atoms. The van der Waals surface area contributed by atoms with Crippen LogP contribution in [0.15, 0.2) is 0 Å². The van der Waals surface area contributed by atoms with E-state index in [0.717, 1.165) is 32.2 Å². The van der Waals surface area contributed by atoms with Gasteiger partial charge in [0.2, 0.25) is 17.7 Å². The fourth-order valence-corrected chi connectivity index (χ4v) is 4.77. The Morgan fingerprint density at radius 2 is 1.83 bits per heavy atom. The Labute approximate surface area is 135 Å². The van der Waals surface area contributed by atoms with Crippen molar-refractivity contribution in [3.05, 3.63) is 0 Å². The average Bonchev–Trinajstić information content (AvgIpc) is 3.28. The van der Waals surface area contributed by atoms with Crippen LogP contribution in [-0.2, 0) is 19.1 Å². The molecule has 7 heteroatoms. The zero-order valence-electron chi connectivity index (χ0n) is 13.4. The van der Waals surface area contributed by atoms with Gasteiger partial charge >= 0.3 is 0 Å². The van der Waals surface area contributed by atoms with Crippen molar-refractivity contribution in [3.63, 3.8) is 0 Å². The number of carbonyl (C=O) groups is 3. The zero-order valence-corrected chi connectivity index (χ0v) is 13.4. The van der Waals surface area contributed by atoms with Crippen molar-refractivity contribution in [2.24, 2.45) is 11.8 Å². The SMILES string of the molecule is CNCC1CCCN1C(=O)CN1C(=O)C2C3CCC(O3)C2C1=O. The van der Waals surface area contributed by atoms with Crippen LogP contribution in [0.1, 0.15) is 25.7 Å². The summed E-state index contributed by atoms with van der Waals surface area (Å²) in [6, 6.07) is 0.166. The lowest BCUT2D eigenvalue weighted by Crippen LogP contribution is -2.47. The van der Waals surface area contributed by atoms with Crippen molar-refractivity contribution in [3.8, 4) is 0 Å². The number of imide groups is 1. The summed E-state index contributed by atoms with van der Waals surface area (Å²) in [5, 5.41) is 3.10. The maximum Gasteiger partial charge on any atom is 0.243 e. The summed E-state index contributed by atoms with van der Waals surface area (Å²) in [5.74, 6) is -1.21. The highest BCUT2D eigenvalue weighted by Crippen LogP contribution is 2.48. The molecule has 0 radical (unpaired) electrons. The standard InChI is InChI=1S/C16H23N3O4/c1-17-7-9-3-2-6-18(9)12(20)8-19-15(21)13-10-4-5-11(23-10)14(13)16(19)22/h9-11,13-14,17H,2-8H2,1H3. The van der Waals surface area contributed by atoms with E-state index in [1.165, 1.54) is 4.90 Å². The van der Waals surface area contributed by atoms with E-state index < -0.39 is 0 Å². The van der Waals surface area contributed by atoms with Gasteiger partial charge in [0.1, 0.15) is 6.54 Å². The Kier molecular flexibility index (Phi) is 3.65. The van der Waals surface area contributed by atoms with Crippen molar-refractivity contribution in [2.45, 2.75) is 43.9 Å². The van der Waals surface area contributed by atoms with Crippen LogP contribution in [0.3, 0.4) is 0 Å². The number of fused-ring (bicyclic) bond motifs is 5. The number of rotatable bonds is 4. The molecule has 0 aliphatic carbocycles. The lowest BCUT2D eigenvalue weighted by atomic mass is 9.81. The summed E-state index contributed by atoms with van der Waals surface area (Å²) < 4.78 is 5.71. The molecule has 3 amide bonds. The minimum absolute atomic E-state index is 0.107. The monoisotopic (exact) mass is 321 g/mol. The molecule has 0 aromatic rings. The minimum Gasteiger partial charge on any atom is -0.373 e. The number of likely N-dealkylation sites (N-methyl/N-ethyl adjacent to an activating group) is 1. The number of hydrogen-bond donors (Lipinski definition) is 1. The van der Waals surface area contributed by atoms with Crippen LogP contribution in [-0.4, -0.2) is 72.5 Å². The molecule has 0 aromatic heterocycles. The maximum absolute atomic E-state index is 12.6. The highest BCUT2D eigenvalue weighted by Gasteiger charge is 2.62. The fourth-order valence-electron chi connectivity index (χ4n) is 4.77. The van der Waals surface area contributed by atoms with Gasteiger partial charge in [-0.3, -0.25) is 19.3 Å². The van der Waals surface area contributed by atoms with Crippen LogP contribution in [0.25, 0.3) is 0 Å². The third-order valence-electron chi connectivity index (χ3n) is 5.81. The summed E-state index contributed by atoms with van der Waals surface area (Å²) in [4.78, 5) is 40.8. The van der Waals surface area contributed by atoms with Gasteiger partial charge in [0.15, 0.2) is 0 Å². The number of likely N-dealkylation sites (tertiary alicyclic amines) is 2. The number of hydrogen-bond acceptors (Lipinski definition) is 5. The first-order chi connectivity index (χ1) is 11.1.